The second-order valence-electron chi connectivity index (χ2n) is 7.58. The first-order valence-electron chi connectivity index (χ1n) is 9.73. The van der Waals surface area contributed by atoms with Crippen LogP contribution in [0, 0.1) is 5.41 Å². The van der Waals surface area contributed by atoms with E-state index in [2.05, 4.69) is 20.6 Å². The molecule has 1 fully saturated rings. The summed E-state index contributed by atoms with van der Waals surface area (Å²) in [5, 5.41) is 13.6. The number of aromatic nitrogens is 3. The molecular weight excluding hydrogens is 385 g/mol. The number of hydrogen-bond acceptors (Lipinski definition) is 6. The van der Waals surface area contributed by atoms with Crippen molar-refractivity contribution in [3.8, 4) is 0 Å². The quantitative estimate of drug-likeness (QED) is 0.563. The molecule has 1 aromatic carbocycles. The van der Waals surface area contributed by atoms with E-state index in [4.69, 9.17) is 5.41 Å². The summed E-state index contributed by atoms with van der Waals surface area (Å²) >= 11 is 0. The summed E-state index contributed by atoms with van der Waals surface area (Å²) in [6.07, 6.45) is 4.72. The van der Waals surface area contributed by atoms with E-state index in [0.717, 1.165) is 11.3 Å². The molecule has 1 aliphatic heterocycles. The number of halogens is 1. The molecule has 2 aromatic heterocycles. The number of anilines is 2. The van der Waals surface area contributed by atoms with Gasteiger partial charge in [-0.15, -0.1) is 0 Å². The summed E-state index contributed by atoms with van der Waals surface area (Å²) in [4.78, 5) is 23.5. The van der Waals surface area contributed by atoms with Gasteiger partial charge in [0.2, 0.25) is 0 Å². The molecule has 1 aliphatic rings. The Morgan fingerprint density at radius 1 is 1.33 bits per heavy atom. The molecule has 2 atom stereocenters. The van der Waals surface area contributed by atoms with E-state index < -0.39 is 6.17 Å². The fourth-order valence-corrected chi connectivity index (χ4v) is 3.83. The van der Waals surface area contributed by atoms with Gasteiger partial charge in [0.15, 0.2) is 5.65 Å². The van der Waals surface area contributed by atoms with E-state index in [-0.39, 0.29) is 11.9 Å². The first-order valence-corrected chi connectivity index (χ1v) is 9.73. The Bertz CT molecular complexity index is 1130. The second-order valence-corrected chi connectivity index (χ2v) is 7.58. The summed E-state index contributed by atoms with van der Waals surface area (Å²) < 4.78 is 15.5. The number of alkyl halides is 1. The van der Waals surface area contributed by atoms with Crippen molar-refractivity contribution in [3.63, 3.8) is 0 Å². The third-order valence-electron chi connectivity index (χ3n) is 5.40. The van der Waals surface area contributed by atoms with Crippen LogP contribution in [0.15, 0.2) is 36.8 Å². The zero-order chi connectivity index (χ0) is 21.4. The number of benzene rings is 1. The molecule has 3 heterocycles. The normalized spacial score (nSPS) is 19.2. The molecule has 156 valence electrons. The molecule has 9 heteroatoms. The monoisotopic (exact) mass is 409 g/mol. The number of amides is 1. The van der Waals surface area contributed by atoms with Crippen molar-refractivity contribution in [2.75, 3.05) is 31.3 Å². The molecule has 0 saturated carbocycles. The van der Waals surface area contributed by atoms with Crippen molar-refractivity contribution >= 4 is 28.8 Å². The lowest BCUT2D eigenvalue weighted by Gasteiger charge is -2.15. The third kappa shape index (κ3) is 3.76. The Hall–Kier alpha value is -3.33. The zero-order valence-corrected chi connectivity index (χ0v) is 17.1. The fraction of sp³-hybridized carbons (Fsp3) is 0.333. The number of rotatable bonds is 5. The van der Waals surface area contributed by atoms with Crippen LogP contribution in [0.3, 0.4) is 0 Å². The highest BCUT2D eigenvalue weighted by Gasteiger charge is 2.32. The summed E-state index contributed by atoms with van der Waals surface area (Å²) in [7, 11) is 3.64. The highest BCUT2D eigenvalue weighted by atomic mass is 19.1. The first-order chi connectivity index (χ1) is 14.4. The average Bonchev–Trinajstić information content (AvgIpc) is 3.28. The van der Waals surface area contributed by atoms with Crippen LogP contribution in [0.4, 0.5) is 15.9 Å². The summed E-state index contributed by atoms with van der Waals surface area (Å²) in [5.41, 5.74) is 3.76. The minimum absolute atomic E-state index is 0.0614. The predicted molar refractivity (Wildman–Crippen MR) is 114 cm³/mol. The number of carbonyl (C=O) groups is 1. The largest absolute Gasteiger partial charge is 0.388 e. The van der Waals surface area contributed by atoms with Crippen molar-refractivity contribution in [1.29, 1.82) is 5.41 Å². The van der Waals surface area contributed by atoms with Gasteiger partial charge < -0.3 is 20.4 Å². The maximum atomic E-state index is 13.7. The van der Waals surface area contributed by atoms with Crippen LogP contribution in [0.2, 0.25) is 0 Å². The molecule has 4 rings (SSSR count). The number of likely N-dealkylation sites (tertiary alicyclic amines) is 1. The fourth-order valence-electron chi connectivity index (χ4n) is 3.83. The van der Waals surface area contributed by atoms with Crippen molar-refractivity contribution in [2.24, 2.45) is 0 Å². The number of carbonyl (C=O) groups excluding carboxylic acids is 1. The van der Waals surface area contributed by atoms with E-state index in [0.29, 0.717) is 41.4 Å². The molecule has 0 unspecified atom stereocenters. The van der Waals surface area contributed by atoms with Gasteiger partial charge in [0.1, 0.15) is 12.0 Å². The SMILES string of the molecule is CNc1cc(C(=O)Nc2cn3cc([C@H]4C[C@H](F)CN4C)nc3cn2)ccc1C(C)=N. The Balaban J connectivity index is 1.55. The number of hydrogen-bond donors (Lipinski definition) is 3. The predicted octanol–water partition coefficient (Wildman–Crippen LogP) is 3.13. The molecule has 30 heavy (non-hydrogen) atoms. The van der Waals surface area contributed by atoms with Gasteiger partial charge in [0, 0.05) is 48.7 Å². The van der Waals surface area contributed by atoms with Gasteiger partial charge in [-0.1, -0.05) is 6.07 Å². The Labute approximate surface area is 173 Å². The summed E-state index contributed by atoms with van der Waals surface area (Å²) in [5.74, 6) is 0.0848. The van der Waals surface area contributed by atoms with Crippen LogP contribution in [-0.2, 0) is 0 Å². The van der Waals surface area contributed by atoms with Crippen LogP contribution in [-0.4, -0.2) is 57.7 Å². The van der Waals surface area contributed by atoms with E-state index in [9.17, 15) is 9.18 Å². The lowest BCUT2D eigenvalue weighted by atomic mass is 10.1. The second kappa shape index (κ2) is 7.83. The zero-order valence-electron chi connectivity index (χ0n) is 17.1. The van der Waals surface area contributed by atoms with Crippen LogP contribution >= 0.6 is 0 Å². The van der Waals surface area contributed by atoms with Crippen molar-refractivity contribution < 1.29 is 9.18 Å². The highest BCUT2D eigenvalue weighted by molar-refractivity contribution is 6.07. The molecular formula is C21H24FN7O. The minimum atomic E-state index is -0.844. The van der Waals surface area contributed by atoms with E-state index in [1.807, 2.05) is 18.1 Å². The lowest BCUT2D eigenvalue weighted by molar-refractivity contribution is 0.102. The van der Waals surface area contributed by atoms with Gasteiger partial charge in [0.25, 0.3) is 5.91 Å². The first kappa shape index (κ1) is 20.0. The Morgan fingerprint density at radius 3 is 2.80 bits per heavy atom. The van der Waals surface area contributed by atoms with Crippen LogP contribution in [0.5, 0.6) is 0 Å². The van der Waals surface area contributed by atoms with Gasteiger partial charge in [-0.25, -0.2) is 14.4 Å². The molecule has 3 aromatic rings. The van der Waals surface area contributed by atoms with Gasteiger partial charge in [-0.2, -0.15) is 0 Å². The number of fused-ring (bicyclic) bond motifs is 1. The maximum absolute atomic E-state index is 13.7. The van der Waals surface area contributed by atoms with Crippen molar-refractivity contribution in [1.82, 2.24) is 19.3 Å². The molecule has 3 N–H and O–H groups in total. The van der Waals surface area contributed by atoms with Gasteiger partial charge in [0.05, 0.1) is 24.1 Å². The third-order valence-corrected chi connectivity index (χ3v) is 5.40. The van der Waals surface area contributed by atoms with E-state index >= 15 is 0 Å². The summed E-state index contributed by atoms with van der Waals surface area (Å²) in [6.45, 7) is 2.11. The number of nitrogens with one attached hydrogen (secondary N) is 3. The van der Waals surface area contributed by atoms with Gasteiger partial charge in [-0.3, -0.25) is 9.69 Å². The molecule has 8 nitrogen and oxygen atoms in total. The topological polar surface area (TPSA) is 98.4 Å². The van der Waals surface area contributed by atoms with Crippen LogP contribution < -0.4 is 10.6 Å². The maximum Gasteiger partial charge on any atom is 0.256 e. The molecule has 0 bridgehead atoms. The number of nitrogens with zero attached hydrogens (tertiary/aromatic N) is 4. The Morgan fingerprint density at radius 2 is 2.13 bits per heavy atom. The van der Waals surface area contributed by atoms with E-state index in [1.165, 1.54) is 0 Å². The van der Waals surface area contributed by atoms with Gasteiger partial charge >= 0.3 is 0 Å². The molecule has 1 saturated heterocycles. The van der Waals surface area contributed by atoms with Crippen molar-refractivity contribution in [3.05, 3.63) is 53.6 Å². The van der Waals surface area contributed by atoms with Crippen LogP contribution in [0.25, 0.3) is 5.65 Å². The average molecular weight is 409 g/mol. The summed E-state index contributed by atoms with van der Waals surface area (Å²) in [6, 6.07) is 5.08. The minimum Gasteiger partial charge on any atom is -0.388 e. The molecule has 0 radical (unpaired) electrons. The number of imidazole rings is 1. The van der Waals surface area contributed by atoms with Crippen molar-refractivity contribution in [2.45, 2.75) is 25.6 Å². The smallest absolute Gasteiger partial charge is 0.256 e. The van der Waals surface area contributed by atoms with E-state index in [1.54, 1.807) is 49.0 Å². The van der Waals surface area contributed by atoms with Gasteiger partial charge in [-0.05, 0) is 26.1 Å². The molecule has 0 aliphatic carbocycles. The standard InChI is InChI=1S/C21H24FN7O/c1-12(23)15-5-4-13(6-16(15)24-2)21(30)27-19-11-29-10-17(26-20(29)8-25-19)18-7-14(22)9-28(18)3/h4-6,8,10-11,14,18,23-24H,7,9H2,1-3H3,(H,27,30)/t14-,18+/m0/s1. The molecule has 1 amide bonds. The lowest BCUT2D eigenvalue weighted by Crippen LogP contribution is -2.18. The Kier molecular flexibility index (Phi) is 5.21. The van der Waals surface area contributed by atoms with Crippen LogP contribution in [0.1, 0.15) is 41.0 Å². The molecule has 0 spiro atoms. The highest BCUT2D eigenvalue weighted by Crippen LogP contribution is 2.31.